The van der Waals surface area contributed by atoms with Gasteiger partial charge in [0.25, 0.3) is 0 Å². The molecule has 2 rings (SSSR count). The number of nitrogens with two attached hydrogens (primary N) is 1. The molecule has 0 saturated heterocycles. The van der Waals surface area contributed by atoms with Gasteiger partial charge in [0.1, 0.15) is 5.69 Å². The van der Waals surface area contributed by atoms with Crippen molar-refractivity contribution in [1.82, 2.24) is 20.3 Å². The summed E-state index contributed by atoms with van der Waals surface area (Å²) in [6.07, 6.45) is 1.76. The molecule has 0 saturated carbocycles. The van der Waals surface area contributed by atoms with Crippen molar-refractivity contribution in [2.24, 2.45) is 5.73 Å². The van der Waals surface area contributed by atoms with Gasteiger partial charge in [0.2, 0.25) is 5.91 Å². The van der Waals surface area contributed by atoms with E-state index < -0.39 is 0 Å². The topological polar surface area (TPSA) is 95.1 Å². The summed E-state index contributed by atoms with van der Waals surface area (Å²) in [6.45, 7) is 2.17. The van der Waals surface area contributed by atoms with Gasteiger partial charge in [0, 0.05) is 13.7 Å². The number of amides is 1. The molecule has 118 valence electrons. The molecule has 3 N–H and O–H groups in total. The molecule has 0 spiro atoms. The Kier molecular flexibility index (Phi) is 5.62. The smallest absolute Gasteiger partial charge is 0.223 e. The van der Waals surface area contributed by atoms with E-state index in [1.807, 2.05) is 37.3 Å². The molecule has 1 aromatic heterocycles. The largest absolute Gasteiger partial charge is 0.380 e. The van der Waals surface area contributed by atoms with Crippen LogP contribution in [0.25, 0.3) is 5.69 Å². The number of hydrogen-bond acceptors (Lipinski definition) is 5. The second-order valence-corrected chi connectivity index (χ2v) is 5.01. The van der Waals surface area contributed by atoms with Gasteiger partial charge in [-0.15, -0.1) is 5.10 Å². The maximum atomic E-state index is 11.9. The molecule has 2 atom stereocenters. The Hall–Kier alpha value is -2.25. The van der Waals surface area contributed by atoms with Gasteiger partial charge in [-0.05, 0) is 19.1 Å². The van der Waals surface area contributed by atoms with Crippen molar-refractivity contribution in [3.8, 4) is 5.69 Å². The summed E-state index contributed by atoms with van der Waals surface area (Å²) in [6, 6.07) is 9.44. The third-order valence-electron chi connectivity index (χ3n) is 3.36. The van der Waals surface area contributed by atoms with Crippen LogP contribution >= 0.6 is 0 Å². The van der Waals surface area contributed by atoms with E-state index in [0.717, 1.165) is 5.69 Å². The zero-order valence-corrected chi connectivity index (χ0v) is 12.8. The third kappa shape index (κ3) is 4.12. The molecule has 7 heteroatoms. The number of hydrogen-bond donors (Lipinski definition) is 2. The van der Waals surface area contributed by atoms with Crippen molar-refractivity contribution in [1.29, 1.82) is 0 Å². The van der Waals surface area contributed by atoms with E-state index in [0.29, 0.717) is 12.2 Å². The Morgan fingerprint density at radius 2 is 2.14 bits per heavy atom. The van der Waals surface area contributed by atoms with Crippen molar-refractivity contribution in [2.45, 2.75) is 25.5 Å². The van der Waals surface area contributed by atoms with Gasteiger partial charge in [-0.25, -0.2) is 4.68 Å². The van der Waals surface area contributed by atoms with Crippen molar-refractivity contribution < 1.29 is 9.53 Å². The summed E-state index contributed by atoms with van der Waals surface area (Å²) in [5.41, 5.74) is 7.12. The summed E-state index contributed by atoms with van der Waals surface area (Å²) in [5.74, 6) is -0.126. The average molecular weight is 303 g/mol. The first-order valence-electron chi connectivity index (χ1n) is 7.14. The number of methoxy groups -OCH3 is 1. The quantitative estimate of drug-likeness (QED) is 0.789. The van der Waals surface area contributed by atoms with Crippen LogP contribution in [0.3, 0.4) is 0 Å². The number of aromatic nitrogens is 3. The second kappa shape index (κ2) is 7.67. The molecular weight excluding hydrogens is 282 g/mol. The van der Waals surface area contributed by atoms with E-state index >= 15 is 0 Å². The van der Waals surface area contributed by atoms with Gasteiger partial charge >= 0.3 is 0 Å². The highest BCUT2D eigenvalue weighted by Crippen LogP contribution is 2.12. The Bertz CT molecular complexity index is 595. The molecule has 1 heterocycles. The fourth-order valence-corrected chi connectivity index (χ4v) is 2.03. The fourth-order valence-electron chi connectivity index (χ4n) is 2.03. The summed E-state index contributed by atoms with van der Waals surface area (Å²) in [7, 11) is 1.54. The maximum absolute atomic E-state index is 11.9. The number of carbonyl (C=O) groups excluding carboxylic acids is 1. The molecular formula is C15H21N5O2. The van der Waals surface area contributed by atoms with E-state index in [-0.39, 0.29) is 24.5 Å². The van der Waals surface area contributed by atoms with E-state index in [2.05, 4.69) is 15.6 Å². The van der Waals surface area contributed by atoms with Gasteiger partial charge in [0.15, 0.2) is 0 Å². The fraction of sp³-hybridized carbons (Fsp3) is 0.400. The predicted molar refractivity (Wildman–Crippen MR) is 82.4 cm³/mol. The number of nitrogens with one attached hydrogen (secondary N) is 1. The summed E-state index contributed by atoms with van der Waals surface area (Å²) in [5, 5.41) is 11.1. The molecule has 1 aromatic carbocycles. The van der Waals surface area contributed by atoms with Crippen LogP contribution in [0.2, 0.25) is 0 Å². The first-order chi connectivity index (χ1) is 10.6. The minimum Gasteiger partial charge on any atom is -0.380 e. The first-order valence-corrected chi connectivity index (χ1v) is 7.14. The van der Waals surface area contributed by atoms with E-state index in [9.17, 15) is 4.79 Å². The van der Waals surface area contributed by atoms with Crippen LogP contribution in [0.4, 0.5) is 0 Å². The molecule has 0 aliphatic carbocycles. The minimum absolute atomic E-state index is 0.126. The number of nitrogens with zero attached hydrogens (tertiary/aromatic N) is 3. The van der Waals surface area contributed by atoms with Crippen LogP contribution in [0, 0.1) is 0 Å². The van der Waals surface area contributed by atoms with Crippen molar-refractivity contribution in [2.75, 3.05) is 13.7 Å². The zero-order chi connectivity index (χ0) is 15.9. The zero-order valence-electron chi connectivity index (χ0n) is 12.8. The Balaban J connectivity index is 1.97. The molecule has 0 aliphatic rings. The molecule has 22 heavy (non-hydrogen) atoms. The van der Waals surface area contributed by atoms with Crippen molar-refractivity contribution in [3.63, 3.8) is 0 Å². The van der Waals surface area contributed by atoms with Crippen LogP contribution in [0.5, 0.6) is 0 Å². The number of carbonyl (C=O) groups is 1. The lowest BCUT2D eigenvalue weighted by atomic mass is 10.2. The van der Waals surface area contributed by atoms with Gasteiger partial charge < -0.3 is 15.8 Å². The molecule has 0 radical (unpaired) electrons. The monoisotopic (exact) mass is 303 g/mol. The molecule has 0 fully saturated rings. The predicted octanol–water partition coefficient (Wildman–Crippen LogP) is 0.808. The van der Waals surface area contributed by atoms with Crippen molar-refractivity contribution >= 4 is 5.91 Å². The molecule has 2 aromatic rings. The normalized spacial score (nSPS) is 13.6. The minimum atomic E-state index is -0.271. The lowest BCUT2D eigenvalue weighted by Crippen LogP contribution is -2.33. The summed E-state index contributed by atoms with van der Waals surface area (Å²) in [4.78, 5) is 11.9. The maximum Gasteiger partial charge on any atom is 0.223 e. The second-order valence-electron chi connectivity index (χ2n) is 5.01. The number of rotatable bonds is 7. The van der Waals surface area contributed by atoms with Gasteiger partial charge in [-0.3, -0.25) is 4.79 Å². The molecule has 7 nitrogen and oxygen atoms in total. The Morgan fingerprint density at radius 3 is 2.77 bits per heavy atom. The number of ether oxygens (including phenoxy) is 1. The van der Waals surface area contributed by atoms with Crippen LogP contribution in [0.15, 0.2) is 36.5 Å². The van der Waals surface area contributed by atoms with E-state index in [1.54, 1.807) is 18.0 Å². The Labute approximate surface area is 129 Å². The SMILES string of the molecule is COC(CN)CC(=O)NC(C)c1cn(-c2ccccc2)nn1. The van der Waals surface area contributed by atoms with Crippen molar-refractivity contribution in [3.05, 3.63) is 42.2 Å². The lowest BCUT2D eigenvalue weighted by Gasteiger charge is -2.15. The molecule has 0 aliphatic heterocycles. The van der Waals surface area contributed by atoms with Gasteiger partial charge in [-0.2, -0.15) is 0 Å². The Morgan fingerprint density at radius 1 is 1.41 bits per heavy atom. The van der Waals surface area contributed by atoms with Gasteiger partial charge in [0.05, 0.1) is 30.5 Å². The van der Waals surface area contributed by atoms with Crippen LogP contribution in [-0.4, -0.2) is 40.7 Å². The lowest BCUT2D eigenvalue weighted by molar-refractivity contribution is -0.124. The highest BCUT2D eigenvalue weighted by molar-refractivity contribution is 5.76. The standard InChI is InChI=1S/C15H21N5O2/c1-11(17-15(21)8-13(9-16)22-2)14-10-20(19-18-14)12-6-4-3-5-7-12/h3-7,10-11,13H,8-9,16H2,1-2H3,(H,17,21). The van der Waals surface area contributed by atoms with Crippen LogP contribution in [-0.2, 0) is 9.53 Å². The number of para-hydroxylation sites is 1. The third-order valence-corrected chi connectivity index (χ3v) is 3.36. The van der Waals surface area contributed by atoms with Crippen LogP contribution < -0.4 is 11.1 Å². The first kappa shape index (κ1) is 16.1. The van der Waals surface area contributed by atoms with Crippen LogP contribution in [0.1, 0.15) is 25.1 Å². The highest BCUT2D eigenvalue weighted by atomic mass is 16.5. The summed E-state index contributed by atoms with van der Waals surface area (Å²) >= 11 is 0. The molecule has 0 bridgehead atoms. The van der Waals surface area contributed by atoms with E-state index in [4.69, 9.17) is 10.5 Å². The average Bonchev–Trinajstić information content (AvgIpc) is 3.03. The number of benzene rings is 1. The summed E-state index contributed by atoms with van der Waals surface area (Å²) < 4.78 is 6.78. The molecule has 2 unspecified atom stereocenters. The van der Waals surface area contributed by atoms with Gasteiger partial charge in [-0.1, -0.05) is 23.4 Å². The highest BCUT2D eigenvalue weighted by Gasteiger charge is 2.16. The van der Waals surface area contributed by atoms with E-state index in [1.165, 1.54) is 0 Å². The molecule has 1 amide bonds.